The van der Waals surface area contributed by atoms with Crippen LogP contribution in [0.2, 0.25) is 0 Å². The van der Waals surface area contributed by atoms with Crippen molar-refractivity contribution in [3.8, 4) is 11.5 Å². The van der Waals surface area contributed by atoms with Crippen LogP contribution in [0.5, 0.6) is 11.5 Å². The Morgan fingerprint density at radius 1 is 1.00 bits per heavy atom. The fraction of sp³-hybridized carbons (Fsp3) is 0.130. The Balaban J connectivity index is 1.51. The van der Waals surface area contributed by atoms with Gasteiger partial charge in [0.15, 0.2) is 0 Å². The third-order valence-corrected chi connectivity index (χ3v) is 6.27. The zero-order valence-electron chi connectivity index (χ0n) is 18.5. The molecule has 1 heterocycles. The molecule has 1 aliphatic rings. The second kappa shape index (κ2) is 9.43. The number of carbonyl (C=O) groups excluding carboxylic acids is 1. The number of amides is 1. The van der Waals surface area contributed by atoms with Gasteiger partial charge in [0.25, 0.3) is 5.69 Å². The molecule has 0 radical (unpaired) electrons. The van der Waals surface area contributed by atoms with Crippen molar-refractivity contribution < 1.29 is 31.8 Å². The normalized spacial score (nSPS) is 15.2. The van der Waals surface area contributed by atoms with Gasteiger partial charge >= 0.3 is 10.1 Å². The molecular weight excluding hydrogens is 478 g/mol. The lowest BCUT2D eigenvalue weighted by molar-refractivity contribution is -0.384. The molecule has 180 valence electrons. The van der Waals surface area contributed by atoms with Gasteiger partial charge in [0, 0.05) is 30.2 Å². The highest BCUT2D eigenvalue weighted by Crippen LogP contribution is 2.32. The van der Waals surface area contributed by atoms with Crippen LogP contribution >= 0.6 is 0 Å². The number of non-ortho nitro benzene ring substituents is 1. The maximum Gasteiger partial charge on any atom is 0.339 e. The fourth-order valence-electron chi connectivity index (χ4n) is 3.23. The van der Waals surface area contributed by atoms with Gasteiger partial charge in [0.1, 0.15) is 16.4 Å². The van der Waals surface area contributed by atoms with Crippen molar-refractivity contribution in [1.82, 2.24) is 5.01 Å². The molecule has 0 fully saturated rings. The minimum Gasteiger partial charge on any atom is -0.497 e. The molecule has 0 bridgehead atoms. The molecule has 0 unspecified atom stereocenters. The quantitative estimate of drug-likeness (QED) is 0.274. The molecule has 12 heteroatoms. The maximum absolute atomic E-state index is 12.5. The highest BCUT2D eigenvalue weighted by atomic mass is 32.2. The number of nitro groups is 1. The standard InChI is InChI=1S/C23H19N3O8S/c1-15(27)25-23(33-22(24-25)16-3-9-19(32-2)10-4-16)17-5-11-20(12-6-17)34-35(30,31)21-13-7-18(8-14-21)26(28)29/h3-14,23H,1-2H3/t23-/m0/s1. The van der Waals surface area contributed by atoms with E-state index in [2.05, 4.69) is 5.10 Å². The van der Waals surface area contributed by atoms with Crippen LogP contribution in [0.4, 0.5) is 5.69 Å². The van der Waals surface area contributed by atoms with Gasteiger partial charge in [-0.05, 0) is 60.7 Å². The van der Waals surface area contributed by atoms with Gasteiger partial charge in [-0.15, -0.1) is 5.10 Å². The minimum atomic E-state index is -4.21. The van der Waals surface area contributed by atoms with Crippen molar-refractivity contribution in [2.45, 2.75) is 18.0 Å². The second-order valence-electron chi connectivity index (χ2n) is 7.32. The lowest BCUT2D eigenvalue weighted by Crippen LogP contribution is -2.25. The molecule has 0 aromatic heterocycles. The first-order valence-corrected chi connectivity index (χ1v) is 11.6. The molecule has 0 N–H and O–H groups in total. The molecule has 35 heavy (non-hydrogen) atoms. The number of nitro benzene ring substituents is 1. The maximum atomic E-state index is 12.5. The Morgan fingerprint density at radius 2 is 1.60 bits per heavy atom. The van der Waals surface area contributed by atoms with Crippen LogP contribution in [0.1, 0.15) is 24.3 Å². The average Bonchev–Trinajstić information content (AvgIpc) is 3.30. The zero-order valence-corrected chi connectivity index (χ0v) is 19.3. The zero-order chi connectivity index (χ0) is 25.2. The first-order chi connectivity index (χ1) is 16.7. The number of hydrogen-bond donors (Lipinski definition) is 0. The van der Waals surface area contributed by atoms with Crippen molar-refractivity contribution in [1.29, 1.82) is 0 Å². The average molecular weight is 497 g/mol. The van der Waals surface area contributed by atoms with Crippen LogP contribution in [0.15, 0.2) is 82.8 Å². The van der Waals surface area contributed by atoms with Gasteiger partial charge in [-0.25, -0.2) is 0 Å². The van der Waals surface area contributed by atoms with E-state index in [1.165, 1.54) is 24.1 Å². The van der Waals surface area contributed by atoms with Crippen molar-refractivity contribution in [2.24, 2.45) is 5.10 Å². The largest absolute Gasteiger partial charge is 0.497 e. The number of methoxy groups -OCH3 is 1. The van der Waals surface area contributed by atoms with E-state index < -0.39 is 21.3 Å². The van der Waals surface area contributed by atoms with E-state index in [1.807, 2.05) is 0 Å². The van der Waals surface area contributed by atoms with Gasteiger partial charge < -0.3 is 13.7 Å². The topological polar surface area (TPSA) is 138 Å². The number of nitrogens with zero attached hydrogens (tertiary/aromatic N) is 3. The third kappa shape index (κ3) is 5.06. The highest BCUT2D eigenvalue weighted by Gasteiger charge is 2.33. The number of hydrogen-bond acceptors (Lipinski definition) is 9. The third-order valence-electron chi connectivity index (χ3n) is 5.01. The number of carbonyl (C=O) groups is 1. The second-order valence-corrected chi connectivity index (χ2v) is 8.87. The molecule has 4 rings (SSSR count). The van der Waals surface area contributed by atoms with Crippen LogP contribution in [-0.2, 0) is 19.6 Å². The summed E-state index contributed by atoms with van der Waals surface area (Å²) in [7, 11) is -2.66. The lowest BCUT2D eigenvalue weighted by Gasteiger charge is -2.19. The predicted molar refractivity (Wildman–Crippen MR) is 123 cm³/mol. The van der Waals surface area contributed by atoms with E-state index in [0.717, 1.165) is 24.3 Å². The van der Waals surface area contributed by atoms with E-state index in [0.29, 0.717) is 16.9 Å². The Kier molecular flexibility index (Phi) is 6.38. The monoisotopic (exact) mass is 497 g/mol. The Bertz CT molecular complexity index is 1390. The molecule has 1 amide bonds. The van der Waals surface area contributed by atoms with Gasteiger partial charge in [-0.3, -0.25) is 14.9 Å². The van der Waals surface area contributed by atoms with E-state index in [9.17, 15) is 23.3 Å². The van der Waals surface area contributed by atoms with Crippen LogP contribution < -0.4 is 8.92 Å². The molecule has 0 spiro atoms. The molecule has 0 saturated heterocycles. The Hall–Kier alpha value is -4.45. The molecule has 3 aromatic rings. The number of rotatable bonds is 7. The number of benzene rings is 3. The van der Waals surface area contributed by atoms with Crippen molar-refractivity contribution in [3.05, 3.63) is 94.0 Å². The first kappa shape index (κ1) is 23.7. The lowest BCUT2D eigenvalue weighted by atomic mass is 10.2. The summed E-state index contributed by atoms with van der Waals surface area (Å²) in [6.07, 6.45) is -0.857. The van der Waals surface area contributed by atoms with Gasteiger partial charge in [-0.2, -0.15) is 13.4 Å². The van der Waals surface area contributed by atoms with Gasteiger partial charge in [-0.1, -0.05) is 0 Å². The van der Waals surface area contributed by atoms with Crippen LogP contribution in [0, 0.1) is 10.1 Å². The smallest absolute Gasteiger partial charge is 0.339 e. The number of ether oxygens (including phenoxy) is 2. The van der Waals surface area contributed by atoms with E-state index in [4.69, 9.17) is 13.7 Å². The van der Waals surface area contributed by atoms with Crippen LogP contribution in [0.25, 0.3) is 0 Å². The van der Waals surface area contributed by atoms with Gasteiger partial charge in [0.2, 0.25) is 18.0 Å². The van der Waals surface area contributed by atoms with Crippen molar-refractivity contribution in [3.63, 3.8) is 0 Å². The first-order valence-electron chi connectivity index (χ1n) is 10.2. The molecule has 3 aromatic carbocycles. The summed E-state index contributed by atoms with van der Waals surface area (Å²) in [6.45, 7) is 1.35. The summed E-state index contributed by atoms with van der Waals surface area (Å²) in [5.41, 5.74) is 0.942. The molecule has 11 nitrogen and oxygen atoms in total. The highest BCUT2D eigenvalue weighted by molar-refractivity contribution is 7.87. The van der Waals surface area contributed by atoms with Crippen molar-refractivity contribution >= 4 is 27.6 Å². The predicted octanol–water partition coefficient (Wildman–Crippen LogP) is 3.61. The summed E-state index contributed by atoms with van der Waals surface area (Å²) in [5, 5.41) is 16.2. The minimum absolute atomic E-state index is 0.00997. The Labute approximate surface area is 200 Å². The number of hydrazone groups is 1. The molecule has 0 saturated carbocycles. The van der Waals surface area contributed by atoms with Crippen molar-refractivity contribution in [2.75, 3.05) is 7.11 Å². The summed E-state index contributed by atoms with van der Waals surface area (Å²) in [5.74, 6) is 0.566. The van der Waals surface area contributed by atoms with Gasteiger partial charge in [0.05, 0.1) is 12.0 Å². The van der Waals surface area contributed by atoms with Crippen LogP contribution in [0.3, 0.4) is 0 Å². The summed E-state index contributed by atoms with van der Waals surface area (Å²) in [4.78, 5) is 22.1. The SMILES string of the molecule is COc1ccc(C2=NN(C(C)=O)[C@H](c3ccc(OS(=O)(=O)c4ccc([N+](=O)[O-])cc4)cc3)O2)cc1. The van der Waals surface area contributed by atoms with E-state index in [-0.39, 0.29) is 28.1 Å². The summed E-state index contributed by atoms with van der Waals surface area (Å²) >= 11 is 0. The summed E-state index contributed by atoms with van der Waals surface area (Å²) in [6, 6.07) is 17.2. The molecule has 0 aliphatic carbocycles. The Morgan fingerprint density at radius 3 is 2.14 bits per heavy atom. The molecular formula is C23H19N3O8S. The van der Waals surface area contributed by atoms with E-state index in [1.54, 1.807) is 43.5 Å². The summed E-state index contributed by atoms with van der Waals surface area (Å²) < 4.78 is 41.2. The molecule has 1 atom stereocenters. The van der Waals surface area contributed by atoms with E-state index >= 15 is 0 Å². The van der Waals surface area contributed by atoms with Crippen LogP contribution in [-0.4, -0.2) is 37.3 Å². The fourth-order valence-corrected chi connectivity index (χ4v) is 4.16. The molecule has 1 aliphatic heterocycles.